The number of ether oxygens (including phenoxy) is 1. The van der Waals surface area contributed by atoms with Crippen LogP contribution in [0.4, 0.5) is 5.82 Å². The predicted molar refractivity (Wildman–Crippen MR) is 131 cm³/mol. The summed E-state index contributed by atoms with van der Waals surface area (Å²) in [5, 5.41) is 2.96. The molecule has 1 aromatic carbocycles. The molecule has 1 N–H and O–H groups in total. The molecule has 12 heteroatoms. The Hall–Kier alpha value is -3.51. The minimum absolute atomic E-state index is 0.138. The van der Waals surface area contributed by atoms with E-state index in [4.69, 9.17) is 4.74 Å². The molecule has 11 nitrogen and oxygen atoms in total. The average Bonchev–Trinajstić information content (AvgIpc) is 3.39. The van der Waals surface area contributed by atoms with Gasteiger partial charge in [-0.15, -0.1) is 0 Å². The molecule has 3 aromatic rings. The number of benzene rings is 1. The standard InChI is InChI=1S/C23H29N7O4S/c1-34-20-5-3-18(4-6-20)7-9-25-22(31)15-19-16-29(35(2,32)33)13-14-30(19)21-8-10-26-23(27-21)28-12-11-24-17-28/h3-6,8,10-12,17,19H,7,9,13-16H2,1-2H3,(H,25,31). The number of nitrogens with zero attached hydrogens (tertiary/aromatic N) is 6. The Morgan fingerprint density at radius 1 is 1.17 bits per heavy atom. The minimum Gasteiger partial charge on any atom is -0.497 e. The third-order valence-corrected chi connectivity index (χ3v) is 7.16. The second-order valence-electron chi connectivity index (χ2n) is 8.31. The van der Waals surface area contributed by atoms with Crippen molar-refractivity contribution in [2.45, 2.75) is 18.9 Å². The van der Waals surface area contributed by atoms with Crippen molar-refractivity contribution >= 4 is 21.7 Å². The molecule has 1 aliphatic rings. The molecule has 2 aromatic heterocycles. The zero-order chi connectivity index (χ0) is 24.8. The summed E-state index contributed by atoms with van der Waals surface area (Å²) in [6, 6.07) is 9.10. The third-order valence-electron chi connectivity index (χ3n) is 5.89. The zero-order valence-electron chi connectivity index (χ0n) is 19.7. The first kappa shape index (κ1) is 24.6. The number of rotatable bonds is 9. The highest BCUT2D eigenvalue weighted by atomic mass is 32.2. The Morgan fingerprint density at radius 3 is 2.66 bits per heavy atom. The van der Waals surface area contributed by atoms with E-state index < -0.39 is 10.0 Å². The molecular weight excluding hydrogens is 470 g/mol. The number of hydrogen-bond donors (Lipinski definition) is 1. The van der Waals surface area contributed by atoms with Gasteiger partial charge in [-0.05, 0) is 30.2 Å². The van der Waals surface area contributed by atoms with Crippen LogP contribution in [-0.4, -0.2) is 83.7 Å². The number of hydrogen-bond acceptors (Lipinski definition) is 8. The van der Waals surface area contributed by atoms with Crippen LogP contribution in [0, 0.1) is 0 Å². The number of aromatic nitrogens is 4. The molecule has 1 unspecified atom stereocenters. The number of amides is 1. The zero-order valence-corrected chi connectivity index (χ0v) is 20.6. The topological polar surface area (TPSA) is 123 Å². The Labute approximate surface area is 204 Å². The number of imidazole rings is 1. The number of nitrogens with one attached hydrogen (secondary N) is 1. The third kappa shape index (κ3) is 6.34. The summed E-state index contributed by atoms with van der Waals surface area (Å²) in [5.41, 5.74) is 1.08. The van der Waals surface area contributed by atoms with E-state index in [1.165, 1.54) is 10.6 Å². The molecule has 0 bridgehead atoms. The van der Waals surface area contributed by atoms with Gasteiger partial charge in [0, 0.05) is 51.2 Å². The summed E-state index contributed by atoms with van der Waals surface area (Å²) in [6.07, 6.45) is 8.64. The van der Waals surface area contributed by atoms with Gasteiger partial charge in [0.1, 0.15) is 17.9 Å². The maximum Gasteiger partial charge on any atom is 0.236 e. The van der Waals surface area contributed by atoms with Crippen LogP contribution >= 0.6 is 0 Å². The summed E-state index contributed by atoms with van der Waals surface area (Å²) in [4.78, 5) is 27.7. The minimum atomic E-state index is -3.38. The van der Waals surface area contributed by atoms with Gasteiger partial charge in [0.15, 0.2) is 0 Å². The number of anilines is 1. The molecule has 4 rings (SSSR count). The Kier molecular flexibility index (Phi) is 7.61. The van der Waals surface area contributed by atoms with Crippen LogP contribution in [-0.2, 0) is 21.2 Å². The molecule has 1 amide bonds. The van der Waals surface area contributed by atoms with E-state index in [-0.39, 0.29) is 24.9 Å². The molecule has 1 saturated heterocycles. The monoisotopic (exact) mass is 499 g/mol. The van der Waals surface area contributed by atoms with E-state index >= 15 is 0 Å². The van der Waals surface area contributed by atoms with Gasteiger partial charge in [-0.25, -0.2) is 18.4 Å². The van der Waals surface area contributed by atoms with Crippen molar-refractivity contribution in [1.82, 2.24) is 29.1 Å². The fourth-order valence-electron chi connectivity index (χ4n) is 4.03. The van der Waals surface area contributed by atoms with Crippen LogP contribution in [0.3, 0.4) is 0 Å². The number of carbonyl (C=O) groups is 1. The van der Waals surface area contributed by atoms with Crippen molar-refractivity contribution in [2.75, 3.05) is 44.4 Å². The molecule has 186 valence electrons. The molecular formula is C23H29N7O4S. The van der Waals surface area contributed by atoms with Gasteiger partial charge in [0.2, 0.25) is 21.9 Å². The maximum absolute atomic E-state index is 12.8. The van der Waals surface area contributed by atoms with Gasteiger partial charge in [-0.1, -0.05) is 12.1 Å². The second kappa shape index (κ2) is 10.8. The fraction of sp³-hybridized carbons (Fsp3) is 0.391. The van der Waals surface area contributed by atoms with Crippen LogP contribution in [0.25, 0.3) is 5.95 Å². The van der Waals surface area contributed by atoms with Crippen LogP contribution in [0.1, 0.15) is 12.0 Å². The van der Waals surface area contributed by atoms with E-state index in [9.17, 15) is 13.2 Å². The fourth-order valence-corrected chi connectivity index (χ4v) is 4.89. The smallest absolute Gasteiger partial charge is 0.236 e. The number of sulfonamides is 1. The number of piperazine rings is 1. The molecule has 1 fully saturated rings. The van der Waals surface area contributed by atoms with Gasteiger partial charge in [0.05, 0.1) is 19.4 Å². The highest BCUT2D eigenvalue weighted by Gasteiger charge is 2.33. The van der Waals surface area contributed by atoms with Crippen molar-refractivity contribution in [3.05, 3.63) is 60.8 Å². The maximum atomic E-state index is 12.8. The summed E-state index contributed by atoms with van der Waals surface area (Å²) in [5.74, 6) is 1.72. The van der Waals surface area contributed by atoms with Gasteiger partial charge in [-0.2, -0.15) is 9.29 Å². The van der Waals surface area contributed by atoms with Gasteiger partial charge in [0.25, 0.3) is 0 Å². The van der Waals surface area contributed by atoms with E-state index in [1.54, 1.807) is 42.7 Å². The summed E-state index contributed by atoms with van der Waals surface area (Å²) in [6.45, 7) is 1.41. The quantitative estimate of drug-likeness (QED) is 0.460. The van der Waals surface area contributed by atoms with Crippen molar-refractivity contribution in [3.63, 3.8) is 0 Å². The number of methoxy groups -OCH3 is 1. The highest BCUT2D eigenvalue weighted by Crippen LogP contribution is 2.22. The highest BCUT2D eigenvalue weighted by molar-refractivity contribution is 7.88. The number of carbonyl (C=O) groups excluding carboxylic acids is 1. The molecule has 1 aliphatic heterocycles. The molecule has 0 aliphatic carbocycles. The lowest BCUT2D eigenvalue weighted by Crippen LogP contribution is -2.56. The molecule has 0 spiro atoms. The first-order valence-corrected chi connectivity index (χ1v) is 13.1. The Morgan fingerprint density at radius 2 is 1.97 bits per heavy atom. The van der Waals surface area contributed by atoms with Crippen molar-refractivity contribution < 1.29 is 17.9 Å². The second-order valence-corrected chi connectivity index (χ2v) is 10.3. The lowest BCUT2D eigenvalue weighted by atomic mass is 10.1. The summed E-state index contributed by atoms with van der Waals surface area (Å²) < 4.78 is 32.7. The predicted octanol–water partition coefficient (Wildman–Crippen LogP) is 0.870. The SMILES string of the molecule is COc1ccc(CCNC(=O)CC2CN(S(C)(=O)=O)CCN2c2ccnc(-n3ccnc3)n2)cc1. The Bertz CT molecular complexity index is 1230. The van der Waals surface area contributed by atoms with E-state index in [0.717, 1.165) is 11.3 Å². The largest absolute Gasteiger partial charge is 0.497 e. The molecule has 3 heterocycles. The van der Waals surface area contributed by atoms with Crippen LogP contribution in [0.2, 0.25) is 0 Å². The van der Waals surface area contributed by atoms with Gasteiger partial charge >= 0.3 is 0 Å². The van der Waals surface area contributed by atoms with Crippen molar-refractivity contribution in [3.8, 4) is 11.7 Å². The average molecular weight is 500 g/mol. The lowest BCUT2D eigenvalue weighted by molar-refractivity contribution is -0.121. The molecule has 0 saturated carbocycles. The molecule has 35 heavy (non-hydrogen) atoms. The molecule has 1 atom stereocenters. The lowest BCUT2D eigenvalue weighted by Gasteiger charge is -2.40. The van der Waals surface area contributed by atoms with E-state index in [1.807, 2.05) is 29.2 Å². The summed E-state index contributed by atoms with van der Waals surface area (Å²) >= 11 is 0. The van der Waals surface area contributed by atoms with Gasteiger partial charge in [-0.3, -0.25) is 9.36 Å². The normalized spacial score (nSPS) is 16.7. The van der Waals surface area contributed by atoms with Crippen LogP contribution < -0.4 is 15.0 Å². The first-order chi connectivity index (χ1) is 16.8. The van der Waals surface area contributed by atoms with Gasteiger partial charge < -0.3 is 15.0 Å². The van der Waals surface area contributed by atoms with Crippen molar-refractivity contribution in [1.29, 1.82) is 0 Å². The summed E-state index contributed by atoms with van der Waals surface area (Å²) in [7, 11) is -1.76. The van der Waals surface area contributed by atoms with Crippen LogP contribution in [0.15, 0.2) is 55.2 Å². The Balaban J connectivity index is 1.44. The first-order valence-electron chi connectivity index (χ1n) is 11.3. The molecule has 0 radical (unpaired) electrons. The van der Waals surface area contributed by atoms with Crippen molar-refractivity contribution in [2.24, 2.45) is 0 Å². The van der Waals surface area contributed by atoms with E-state index in [0.29, 0.717) is 37.8 Å². The van der Waals surface area contributed by atoms with Crippen LogP contribution in [0.5, 0.6) is 5.75 Å². The van der Waals surface area contributed by atoms with E-state index in [2.05, 4.69) is 20.3 Å².